The summed E-state index contributed by atoms with van der Waals surface area (Å²) in [5.41, 5.74) is 6.80. The molecule has 1 fully saturated rings. The Bertz CT molecular complexity index is 617. The molecule has 1 aliphatic rings. The average molecular weight is 332 g/mol. The molecule has 3 N–H and O–H groups in total. The van der Waals surface area contributed by atoms with E-state index in [4.69, 9.17) is 17.3 Å². The Kier molecular flexibility index (Phi) is 4.54. The number of anilines is 1. The van der Waals surface area contributed by atoms with Crippen molar-refractivity contribution in [3.63, 3.8) is 0 Å². The number of rotatable bonds is 5. The fraction of sp³-hybridized carbons (Fsp3) is 0.571. The van der Waals surface area contributed by atoms with E-state index in [-0.39, 0.29) is 10.4 Å². The summed E-state index contributed by atoms with van der Waals surface area (Å²) < 4.78 is 27.5. The molecule has 0 saturated heterocycles. The number of likely N-dealkylation sites (N-methyl/N-ethyl adjacent to an activating group) is 1. The first kappa shape index (κ1) is 16.5. The molecule has 0 atom stereocenters. The quantitative estimate of drug-likeness (QED) is 0.809. The molecule has 0 bridgehead atoms. The zero-order valence-electron chi connectivity index (χ0n) is 12.6. The van der Waals surface area contributed by atoms with Crippen molar-refractivity contribution in [1.29, 1.82) is 0 Å². The summed E-state index contributed by atoms with van der Waals surface area (Å²) >= 11 is 6.02. The third-order valence-corrected chi connectivity index (χ3v) is 6.27. The van der Waals surface area contributed by atoms with E-state index in [1.165, 1.54) is 12.1 Å². The zero-order valence-corrected chi connectivity index (χ0v) is 14.2. The van der Waals surface area contributed by atoms with Gasteiger partial charge in [0.25, 0.3) is 0 Å². The van der Waals surface area contributed by atoms with Gasteiger partial charge in [-0.2, -0.15) is 0 Å². The average Bonchev–Trinajstić information content (AvgIpc) is 2.33. The number of nitrogens with two attached hydrogens (primary N) is 1. The van der Waals surface area contributed by atoms with Crippen LogP contribution in [0.15, 0.2) is 17.0 Å². The SMILES string of the molecule is Cc1c(N)cc(S(=O)(=O)NCC2(N(C)C)CCC2)cc1Cl. The van der Waals surface area contributed by atoms with Gasteiger partial charge in [-0.05, 0) is 58.0 Å². The lowest BCUT2D eigenvalue weighted by atomic mass is 9.76. The molecule has 0 unspecified atom stereocenters. The first-order valence-electron chi connectivity index (χ1n) is 6.91. The molecule has 118 valence electrons. The molecule has 0 amide bonds. The van der Waals surface area contributed by atoms with E-state index >= 15 is 0 Å². The van der Waals surface area contributed by atoms with Gasteiger partial charge in [0.1, 0.15) is 0 Å². The van der Waals surface area contributed by atoms with E-state index in [2.05, 4.69) is 9.62 Å². The van der Waals surface area contributed by atoms with Gasteiger partial charge in [-0.3, -0.25) is 0 Å². The summed E-state index contributed by atoms with van der Waals surface area (Å²) in [5, 5.41) is 0.362. The van der Waals surface area contributed by atoms with Gasteiger partial charge in [0.2, 0.25) is 10.0 Å². The van der Waals surface area contributed by atoms with Crippen LogP contribution in [0.4, 0.5) is 5.69 Å². The third-order valence-electron chi connectivity index (χ3n) is 4.49. The lowest BCUT2D eigenvalue weighted by Gasteiger charge is -2.47. The van der Waals surface area contributed by atoms with Crippen LogP contribution in [0.5, 0.6) is 0 Å². The van der Waals surface area contributed by atoms with Crippen LogP contribution in [0, 0.1) is 6.92 Å². The number of sulfonamides is 1. The minimum absolute atomic E-state index is 0.0763. The Balaban J connectivity index is 2.19. The van der Waals surface area contributed by atoms with Crippen LogP contribution in [-0.4, -0.2) is 39.5 Å². The normalized spacial score (nSPS) is 17.8. The lowest BCUT2D eigenvalue weighted by Crippen LogP contribution is -2.57. The van der Waals surface area contributed by atoms with Gasteiger partial charge in [-0.1, -0.05) is 11.6 Å². The lowest BCUT2D eigenvalue weighted by molar-refractivity contribution is 0.0657. The summed E-state index contributed by atoms with van der Waals surface area (Å²) in [6, 6.07) is 2.89. The number of nitrogen functional groups attached to an aromatic ring is 1. The van der Waals surface area contributed by atoms with Crippen LogP contribution in [0.3, 0.4) is 0 Å². The second kappa shape index (κ2) is 5.76. The van der Waals surface area contributed by atoms with Crippen LogP contribution in [-0.2, 0) is 10.0 Å². The summed E-state index contributed by atoms with van der Waals surface area (Å²) in [6.07, 6.45) is 3.13. The number of nitrogens with one attached hydrogen (secondary N) is 1. The topological polar surface area (TPSA) is 75.4 Å². The first-order valence-corrected chi connectivity index (χ1v) is 8.77. The van der Waals surface area contributed by atoms with Crippen molar-refractivity contribution < 1.29 is 8.42 Å². The Morgan fingerprint density at radius 1 is 1.38 bits per heavy atom. The second-order valence-electron chi connectivity index (χ2n) is 5.92. The molecule has 21 heavy (non-hydrogen) atoms. The zero-order chi connectivity index (χ0) is 15.8. The fourth-order valence-electron chi connectivity index (χ4n) is 2.51. The summed E-state index contributed by atoms with van der Waals surface area (Å²) in [7, 11) is 0.355. The van der Waals surface area contributed by atoms with E-state index in [1.807, 2.05) is 14.1 Å². The monoisotopic (exact) mass is 331 g/mol. The maximum atomic E-state index is 12.4. The molecule has 0 radical (unpaired) electrons. The van der Waals surface area contributed by atoms with Gasteiger partial charge in [0.05, 0.1) is 4.90 Å². The van der Waals surface area contributed by atoms with Crippen LogP contribution in [0.2, 0.25) is 5.02 Å². The maximum absolute atomic E-state index is 12.4. The molecule has 1 saturated carbocycles. The molecule has 0 spiro atoms. The molecule has 7 heteroatoms. The van der Waals surface area contributed by atoms with Crippen LogP contribution < -0.4 is 10.5 Å². The number of hydrogen-bond acceptors (Lipinski definition) is 4. The molecule has 0 aliphatic heterocycles. The molecular formula is C14H22ClN3O2S. The standard InChI is InChI=1S/C14H22ClN3O2S/c1-10-12(15)7-11(8-13(10)16)21(19,20)17-9-14(18(2)3)5-4-6-14/h7-8,17H,4-6,9,16H2,1-3H3. The number of nitrogens with zero attached hydrogens (tertiary/aromatic N) is 1. The Hall–Kier alpha value is -0.820. The largest absolute Gasteiger partial charge is 0.398 e. The molecule has 1 aromatic carbocycles. The number of benzene rings is 1. The molecule has 5 nitrogen and oxygen atoms in total. The van der Waals surface area contributed by atoms with Gasteiger partial charge in [0, 0.05) is 22.8 Å². The predicted molar refractivity (Wildman–Crippen MR) is 86.1 cm³/mol. The highest BCUT2D eigenvalue weighted by atomic mass is 35.5. The Morgan fingerprint density at radius 3 is 2.43 bits per heavy atom. The molecule has 0 aromatic heterocycles. The van der Waals surface area contributed by atoms with E-state index in [0.717, 1.165) is 19.3 Å². The molecule has 1 aromatic rings. The van der Waals surface area contributed by atoms with Crippen molar-refractivity contribution in [1.82, 2.24) is 9.62 Å². The predicted octanol–water partition coefficient (Wildman–Crippen LogP) is 1.99. The van der Waals surface area contributed by atoms with E-state index in [0.29, 0.717) is 22.8 Å². The highest BCUT2D eigenvalue weighted by molar-refractivity contribution is 7.89. The van der Waals surface area contributed by atoms with Crippen LogP contribution in [0.1, 0.15) is 24.8 Å². The van der Waals surface area contributed by atoms with Gasteiger partial charge in [-0.25, -0.2) is 13.1 Å². The van der Waals surface area contributed by atoms with Crippen molar-refractivity contribution >= 4 is 27.3 Å². The first-order chi connectivity index (χ1) is 9.68. The summed E-state index contributed by atoms with van der Waals surface area (Å²) in [6.45, 7) is 2.16. The Morgan fingerprint density at radius 2 is 2.00 bits per heavy atom. The van der Waals surface area contributed by atoms with Gasteiger partial charge >= 0.3 is 0 Å². The smallest absolute Gasteiger partial charge is 0.240 e. The van der Waals surface area contributed by atoms with Crippen molar-refractivity contribution in [3.8, 4) is 0 Å². The van der Waals surface area contributed by atoms with Crippen LogP contribution >= 0.6 is 11.6 Å². The van der Waals surface area contributed by atoms with E-state index < -0.39 is 10.0 Å². The summed E-state index contributed by atoms with van der Waals surface area (Å²) in [4.78, 5) is 2.21. The maximum Gasteiger partial charge on any atom is 0.240 e. The Labute approximate surface area is 131 Å². The fourth-order valence-corrected chi connectivity index (χ4v) is 3.98. The minimum atomic E-state index is -3.61. The molecule has 0 heterocycles. The van der Waals surface area contributed by atoms with Crippen molar-refractivity contribution in [2.24, 2.45) is 0 Å². The van der Waals surface area contributed by atoms with Crippen molar-refractivity contribution in [2.45, 2.75) is 36.6 Å². The molecule has 2 rings (SSSR count). The number of hydrogen-bond donors (Lipinski definition) is 2. The summed E-state index contributed by atoms with van der Waals surface area (Å²) in [5.74, 6) is 0. The van der Waals surface area contributed by atoms with Crippen molar-refractivity contribution in [2.75, 3.05) is 26.4 Å². The number of halogens is 1. The molecule has 1 aliphatic carbocycles. The van der Waals surface area contributed by atoms with Gasteiger partial charge in [-0.15, -0.1) is 0 Å². The highest BCUT2D eigenvalue weighted by Gasteiger charge is 2.39. The molecular weight excluding hydrogens is 310 g/mol. The van der Waals surface area contributed by atoms with Crippen LogP contribution in [0.25, 0.3) is 0 Å². The van der Waals surface area contributed by atoms with Crippen molar-refractivity contribution in [3.05, 3.63) is 22.7 Å². The van der Waals surface area contributed by atoms with Gasteiger partial charge in [0.15, 0.2) is 0 Å². The van der Waals surface area contributed by atoms with Gasteiger partial charge < -0.3 is 10.6 Å². The second-order valence-corrected chi connectivity index (χ2v) is 8.09. The third kappa shape index (κ3) is 3.18. The highest BCUT2D eigenvalue weighted by Crippen LogP contribution is 2.36. The minimum Gasteiger partial charge on any atom is -0.398 e. The van der Waals surface area contributed by atoms with E-state index in [9.17, 15) is 8.42 Å². The van der Waals surface area contributed by atoms with E-state index in [1.54, 1.807) is 6.92 Å².